The summed E-state index contributed by atoms with van der Waals surface area (Å²) in [7, 11) is -3.66. The summed E-state index contributed by atoms with van der Waals surface area (Å²) in [5, 5.41) is 12.7. The summed E-state index contributed by atoms with van der Waals surface area (Å²) in [5.41, 5.74) is 0.133. The minimum Gasteiger partial charge on any atom is -0.494 e. The first kappa shape index (κ1) is 20.8. The molecule has 2 heterocycles. The summed E-state index contributed by atoms with van der Waals surface area (Å²) in [6, 6.07) is 7.70. The number of amides is 1. The number of rotatable bonds is 7. The van der Waals surface area contributed by atoms with Gasteiger partial charge in [-0.05, 0) is 37.3 Å². The number of hydrogen-bond donors (Lipinski definition) is 1. The van der Waals surface area contributed by atoms with Crippen molar-refractivity contribution in [3.05, 3.63) is 42.2 Å². The molecule has 1 aromatic carbocycles. The Balaban J connectivity index is 1.62. The number of carbonyl (C=O) groups is 2. The standard InChI is InChI=1S/C18H22N4O6S/c1-2-28-14-3-5-15(6-4-14)29(26,27)22-11-9-20(10-12-22)18(25)16-7-8-21(19-16)13-17(23)24/h3-8H,2,9-13H2,1H3,(H,23,24). The zero-order valence-corrected chi connectivity index (χ0v) is 16.7. The lowest BCUT2D eigenvalue weighted by atomic mass is 10.3. The number of carbonyl (C=O) groups excluding carboxylic acids is 1. The highest BCUT2D eigenvalue weighted by atomic mass is 32.2. The number of aromatic nitrogens is 2. The Labute approximate surface area is 168 Å². The molecule has 0 saturated carbocycles. The molecule has 1 saturated heterocycles. The van der Waals surface area contributed by atoms with Gasteiger partial charge < -0.3 is 14.7 Å². The van der Waals surface area contributed by atoms with Crippen molar-refractivity contribution in [3.8, 4) is 5.75 Å². The lowest BCUT2D eigenvalue weighted by molar-refractivity contribution is -0.137. The maximum atomic E-state index is 12.8. The molecule has 0 atom stereocenters. The zero-order chi connectivity index (χ0) is 21.0. The third kappa shape index (κ3) is 4.74. The van der Waals surface area contributed by atoms with Crippen molar-refractivity contribution in [2.75, 3.05) is 32.8 Å². The van der Waals surface area contributed by atoms with Crippen LogP contribution in [0.2, 0.25) is 0 Å². The van der Waals surface area contributed by atoms with Gasteiger partial charge in [-0.1, -0.05) is 0 Å². The van der Waals surface area contributed by atoms with E-state index in [-0.39, 0.29) is 49.2 Å². The molecule has 1 aromatic heterocycles. The largest absolute Gasteiger partial charge is 0.494 e. The highest BCUT2D eigenvalue weighted by Gasteiger charge is 2.31. The van der Waals surface area contributed by atoms with Crippen LogP contribution >= 0.6 is 0 Å². The van der Waals surface area contributed by atoms with E-state index < -0.39 is 16.0 Å². The highest BCUT2D eigenvalue weighted by molar-refractivity contribution is 7.89. The van der Waals surface area contributed by atoms with Gasteiger partial charge in [0.25, 0.3) is 5.91 Å². The monoisotopic (exact) mass is 422 g/mol. The maximum Gasteiger partial charge on any atom is 0.325 e. The summed E-state index contributed by atoms with van der Waals surface area (Å²) in [5.74, 6) is -0.809. The van der Waals surface area contributed by atoms with Gasteiger partial charge in [0.15, 0.2) is 0 Å². The van der Waals surface area contributed by atoms with E-state index in [1.807, 2.05) is 6.92 Å². The van der Waals surface area contributed by atoms with Crippen LogP contribution in [0.25, 0.3) is 0 Å². The number of aliphatic carboxylic acids is 1. The van der Waals surface area contributed by atoms with Crippen molar-refractivity contribution < 1.29 is 27.9 Å². The molecule has 10 nitrogen and oxygen atoms in total. The number of benzene rings is 1. The van der Waals surface area contributed by atoms with Crippen LogP contribution in [0.15, 0.2) is 41.4 Å². The molecule has 3 rings (SSSR count). The number of nitrogens with zero attached hydrogens (tertiary/aromatic N) is 4. The number of carboxylic acids is 1. The summed E-state index contributed by atoms with van der Waals surface area (Å²) in [4.78, 5) is 25.0. The van der Waals surface area contributed by atoms with Gasteiger partial charge in [-0.25, -0.2) is 8.42 Å². The van der Waals surface area contributed by atoms with Crippen molar-refractivity contribution in [2.45, 2.75) is 18.4 Å². The number of ether oxygens (including phenoxy) is 1. The van der Waals surface area contributed by atoms with Crippen LogP contribution in [-0.4, -0.2) is 77.2 Å². The van der Waals surface area contributed by atoms with Gasteiger partial charge in [0, 0.05) is 32.4 Å². The van der Waals surface area contributed by atoms with Crippen molar-refractivity contribution in [1.82, 2.24) is 19.0 Å². The van der Waals surface area contributed by atoms with Crippen LogP contribution < -0.4 is 4.74 Å². The van der Waals surface area contributed by atoms with Crippen LogP contribution in [0.3, 0.4) is 0 Å². The molecule has 2 aromatic rings. The van der Waals surface area contributed by atoms with Crippen molar-refractivity contribution >= 4 is 21.9 Å². The fourth-order valence-electron chi connectivity index (χ4n) is 3.02. The fraction of sp³-hybridized carbons (Fsp3) is 0.389. The number of sulfonamides is 1. The van der Waals surface area contributed by atoms with Crippen molar-refractivity contribution in [2.24, 2.45) is 0 Å². The molecular weight excluding hydrogens is 400 g/mol. The van der Waals surface area contributed by atoms with Crippen LogP contribution in [0.1, 0.15) is 17.4 Å². The van der Waals surface area contributed by atoms with Gasteiger partial charge in [0.05, 0.1) is 11.5 Å². The summed E-state index contributed by atoms with van der Waals surface area (Å²) in [6.45, 7) is 2.79. The Morgan fingerprint density at radius 2 is 1.76 bits per heavy atom. The second-order valence-electron chi connectivity index (χ2n) is 6.39. The summed E-state index contributed by atoms with van der Waals surface area (Å²) >= 11 is 0. The van der Waals surface area contributed by atoms with Crippen LogP contribution in [0, 0.1) is 0 Å². The van der Waals surface area contributed by atoms with Gasteiger partial charge in [-0.3, -0.25) is 14.3 Å². The zero-order valence-electron chi connectivity index (χ0n) is 15.9. The average Bonchev–Trinajstić information content (AvgIpc) is 3.16. The molecule has 1 fully saturated rings. The van der Waals surface area contributed by atoms with E-state index >= 15 is 0 Å². The second kappa shape index (κ2) is 8.62. The van der Waals surface area contributed by atoms with E-state index in [1.54, 1.807) is 12.1 Å². The minimum atomic E-state index is -3.66. The van der Waals surface area contributed by atoms with Crippen molar-refractivity contribution in [1.29, 1.82) is 0 Å². The number of carboxylic acid groups (broad SMARTS) is 1. The fourth-order valence-corrected chi connectivity index (χ4v) is 4.44. The van der Waals surface area contributed by atoms with Gasteiger partial charge in [-0.15, -0.1) is 0 Å². The third-order valence-electron chi connectivity index (χ3n) is 4.46. The first-order valence-corrected chi connectivity index (χ1v) is 10.5. The van der Waals surface area contributed by atoms with E-state index in [0.29, 0.717) is 12.4 Å². The van der Waals surface area contributed by atoms with Crippen LogP contribution in [0.4, 0.5) is 0 Å². The predicted molar refractivity (Wildman–Crippen MR) is 102 cm³/mol. The molecule has 29 heavy (non-hydrogen) atoms. The van der Waals surface area contributed by atoms with Gasteiger partial charge >= 0.3 is 5.97 Å². The Morgan fingerprint density at radius 1 is 1.10 bits per heavy atom. The second-order valence-corrected chi connectivity index (χ2v) is 8.33. The maximum absolute atomic E-state index is 12.8. The highest BCUT2D eigenvalue weighted by Crippen LogP contribution is 2.21. The lowest BCUT2D eigenvalue weighted by Gasteiger charge is -2.33. The van der Waals surface area contributed by atoms with Crippen LogP contribution in [-0.2, 0) is 21.4 Å². The van der Waals surface area contributed by atoms with E-state index in [0.717, 1.165) is 0 Å². The normalized spacial score (nSPS) is 15.3. The Hall–Kier alpha value is -2.92. The first-order chi connectivity index (χ1) is 13.8. The third-order valence-corrected chi connectivity index (χ3v) is 6.37. The smallest absolute Gasteiger partial charge is 0.325 e. The van der Waals surface area contributed by atoms with E-state index in [1.165, 1.54) is 38.3 Å². The predicted octanol–water partition coefficient (Wildman–Crippen LogP) is 0.513. The molecule has 0 radical (unpaired) electrons. The van der Waals surface area contributed by atoms with Gasteiger partial charge in [0.2, 0.25) is 10.0 Å². The van der Waals surface area contributed by atoms with E-state index in [4.69, 9.17) is 9.84 Å². The van der Waals surface area contributed by atoms with E-state index in [2.05, 4.69) is 5.10 Å². The molecule has 11 heteroatoms. The lowest BCUT2D eigenvalue weighted by Crippen LogP contribution is -2.50. The Bertz CT molecular complexity index is 978. The molecule has 1 amide bonds. The van der Waals surface area contributed by atoms with Crippen LogP contribution in [0.5, 0.6) is 5.75 Å². The van der Waals surface area contributed by atoms with Crippen molar-refractivity contribution in [3.63, 3.8) is 0 Å². The average molecular weight is 422 g/mol. The molecule has 0 bridgehead atoms. The topological polar surface area (TPSA) is 122 Å². The number of piperazine rings is 1. The molecule has 0 spiro atoms. The van der Waals surface area contributed by atoms with Gasteiger partial charge in [0.1, 0.15) is 18.0 Å². The quantitative estimate of drug-likeness (QED) is 0.690. The minimum absolute atomic E-state index is 0.133. The molecule has 0 unspecified atom stereocenters. The SMILES string of the molecule is CCOc1ccc(S(=O)(=O)N2CCN(C(=O)c3ccn(CC(=O)O)n3)CC2)cc1. The molecule has 1 aliphatic rings. The molecule has 0 aliphatic carbocycles. The summed E-state index contributed by atoms with van der Waals surface area (Å²) < 4.78 is 33.5. The Kier molecular flexibility index (Phi) is 6.18. The van der Waals surface area contributed by atoms with Gasteiger partial charge in [-0.2, -0.15) is 9.40 Å². The summed E-state index contributed by atoms with van der Waals surface area (Å²) in [6.07, 6.45) is 1.42. The molecule has 1 aliphatic heterocycles. The van der Waals surface area contributed by atoms with E-state index in [9.17, 15) is 18.0 Å². The number of hydrogen-bond acceptors (Lipinski definition) is 6. The molecule has 156 valence electrons. The first-order valence-electron chi connectivity index (χ1n) is 9.09. The molecule has 1 N–H and O–H groups in total. The molecular formula is C18H22N4O6S. The Morgan fingerprint density at radius 3 is 2.34 bits per heavy atom.